The maximum Gasteiger partial charge on any atom is 0.218 e. The number of carbonyl (C=O) groups is 2. The van der Waals surface area contributed by atoms with E-state index in [4.69, 9.17) is 17.3 Å². The van der Waals surface area contributed by atoms with Gasteiger partial charge in [0, 0.05) is 29.6 Å². The molecule has 2 atom stereocenters. The number of hydrogen-bond donors (Lipinski definition) is 2. The molecule has 0 bridgehead atoms. The standard InChI is InChI=1S/C21H22ClFN2O2/c1-12(11-17(24)26)25-20(13-7-8-13)15-9-10-16(22)18(19(15)23)21(27)14-5-3-2-4-6-14/h2-6,9-10,12-13,20,25H,7-8,11H2,1H3,(H2,24,26)/t12-,20?/m0/s1. The number of nitrogens with one attached hydrogen (secondary N) is 1. The topological polar surface area (TPSA) is 72.2 Å². The van der Waals surface area contributed by atoms with Crippen LogP contribution in [0.4, 0.5) is 4.39 Å². The Kier molecular flexibility index (Phi) is 5.92. The van der Waals surface area contributed by atoms with Gasteiger partial charge in [0.05, 0.1) is 10.6 Å². The first-order valence-corrected chi connectivity index (χ1v) is 9.38. The fraction of sp³-hybridized carbons (Fsp3) is 0.333. The molecular weight excluding hydrogens is 367 g/mol. The molecule has 1 unspecified atom stereocenters. The Bertz CT molecular complexity index is 853. The number of amides is 1. The highest BCUT2D eigenvalue weighted by Crippen LogP contribution is 2.43. The lowest BCUT2D eigenvalue weighted by molar-refractivity contribution is -0.118. The second-order valence-corrected chi connectivity index (χ2v) is 7.48. The molecule has 3 rings (SSSR count). The number of ketones is 1. The first-order chi connectivity index (χ1) is 12.9. The van der Waals surface area contributed by atoms with Crippen LogP contribution in [0.15, 0.2) is 42.5 Å². The normalized spacial score (nSPS) is 16.0. The summed E-state index contributed by atoms with van der Waals surface area (Å²) in [5.41, 5.74) is 5.93. The van der Waals surface area contributed by atoms with E-state index >= 15 is 4.39 Å². The Labute approximate surface area is 162 Å². The van der Waals surface area contributed by atoms with Crippen LogP contribution < -0.4 is 11.1 Å². The third-order valence-electron chi connectivity index (χ3n) is 4.78. The summed E-state index contributed by atoms with van der Waals surface area (Å²) in [5, 5.41) is 3.39. The molecule has 3 N–H and O–H groups in total. The Morgan fingerprint density at radius 3 is 2.48 bits per heavy atom. The van der Waals surface area contributed by atoms with E-state index in [2.05, 4.69) is 5.32 Å². The van der Waals surface area contributed by atoms with E-state index in [0.717, 1.165) is 12.8 Å². The van der Waals surface area contributed by atoms with E-state index in [-0.39, 0.29) is 35.0 Å². The number of rotatable bonds is 8. The van der Waals surface area contributed by atoms with Crippen molar-refractivity contribution in [2.75, 3.05) is 0 Å². The lowest BCUT2D eigenvalue weighted by atomic mass is 9.94. The Balaban J connectivity index is 1.95. The van der Waals surface area contributed by atoms with Crippen LogP contribution in [0.2, 0.25) is 5.02 Å². The van der Waals surface area contributed by atoms with Crippen molar-refractivity contribution in [2.45, 2.75) is 38.3 Å². The van der Waals surface area contributed by atoms with Crippen molar-refractivity contribution in [1.82, 2.24) is 5.32 Å². The molecular formula is C21H22ClFN2O2. The van der Waals surface area contributed by atoms with Crippen molar-refractivity contribution < 1.29 is 14.0 Å². The molecule has 1 saturated carbocycles. The largest absolute Gasteiger partial charge is 0.370 e. The van der Waals surface area contributed by atoms with E-state index in [1.807, 2.05) is 6.92 Å². The number of nitrogens with two attached hydrogens (primary N) is 1. The van der Waals surface area contributed by atoms with Crippen LogP contribution in [-0.2, 0) is 4.79 Å². The SMILES string of the molecule is C[C@@H](CC(N)=O)NC(c1ccc(Cl)c(C(=O)c2ccccc2)c1F)C1CC1. The van der Waals surface area contributed by atoms with Gasteiger partial charge in [0.25, 0.3) is 0 Å². The van der Waals surface area contributed by atoms with Gasteiger partial charge in [-0.05, 0) is 31.7 Å². The van der Waals surface area contributed by atoms with Gasteiger partial charge < -0.3 is 11.1 Å². The van der Waals surface area contributed by atoms with Gasteiger partial charge in [0.2, 0.25) is 5.91 Å². The molecule has 142 valence electrons. The van der Waals surface area contributed by atoms with Crippen LogP contribution in [-0.4, -0.2) is 17.7 Å². The Hall–Kier alpha value is -2.24. The van der Waals surface area contributed by atoms with Gasteiger partial charge in [-0.15, -0.1) is 0 Å². The zero-order chi connectivity index (χ0) is 19.6. The molecule has 0 aliphatic heterocycles. The number of halogens is 2. The van der Waals surface area contributed by atoms with Crippen molar-refractivity contribution in [1.29, 1.82) is 0 Å². The lowest BCUT2D eigenvalue weighted by Crippen LogP contribution is -2.35. The predicted octanol–water partition coefficient (Wildman–Crippen LogP) is 4.01. The molecule has 1 aliphatic rings. The zero-order valence-electron chi connectivity index (χ0n) is 15.0. The van der Waals surface area contributed by atoms with Crippen molar-refractivity contribution in [3.63, 3.8) is 0 Å². The summed E-state index contributed by atoms with van der Waals surface area (Å²) in [6.45, 7) is 1.84. The molecule has 0 aromatic heterocycles. The summed E-state index contributed by atoms with van der Waals surface area (Å²) in [6, 6.07) is 11.2. The van der Waals surface area contributed by atoms with Crippen LogP contribution in [0.5, 0.6) is 0 Å². The minimum Gasteiger partial charge on any atom is -0.370 e. The van der Waals surface area contributed by atoms with Gasteiger partial charge >= 0.3 is 0 Å². The quantitative estimate of drug-likeness (QED) is 0.671. The van der Waals surface area contributed by atoms with Gasteiger partial charge in [-0.2, -0.15) is 0 Å². The van der Waals surface area contributed by atoms with E-state index < -0.39 is 17.5 Å². The Morgan fingerprint density at radius 1 is 1.22 bits per heavy atom. The Morgan fingerprint density at radius 2 is 1.89 bits per heavy atom. The molecule has 0 spiro atoms. The summed E-state index contributed by atoms with van der Waals surface area (Å²) < 4.78 is 15.4. The highest BCUT2D eigenvalue weighted by Gasteiger charge is 2.36. The third kappa shape index (κ3) is 4.54. The molecule has 2 aromatic carbocycles. The maximum absolute atomic E-state index is 15.4. The summed E-state index contributed by atoms with van der Waals surface area (Å²) in [4.78, 5) is 24.0. The van der Waals surface area contributed by atoms with Gasteiger partial charge in [-0.3, -0.25) is 9.59 Å². The number of hydrogen-bond acceptors (Lipinski definition) is 3. The fourth-order valence-electron chi connectivity index (χ4n) is 3.33. The minimum absolute atomic E-state index is 0.0878. The number of primary amides is 1. The van der Waals surface area contributed by atoms with E-state index in [9.17, 15) is 9.59 Å². The van der Waals surface area contributed by atoms with Gasteiger partial charge in [-0.25, -0.2) is 4.39 Å². The van der Waals surface area contributed by atoms with Crippen molar-refractivity contribution in [3.05, 3.63) is 70.0 Å². The van der Waals surface area contributed by atoms with Crippen LogP contribution in [0.1, 0.15) is 53.7 Å². The lowest BCUT2D eigenvalue weighted by Gasteiger charge is -2.24. The van der Waals surface area contributed by atoms with Gasteiger partial charge in [0.1, 0.15) is 5.82 Å². The molecule has 0 saturated heterocycles. The highest BCUT2D eigenvalue weighted by atomic mass is 35.5. The summed E-state index contributed by atoms with van der Waals surface area (Å²) in [7, 11) is 0. The molecule has 1 amide bonds. The minimum atomic E-state index is -0.605. The van der Waals surface area contributed by atoms with Crippen molar-refractivity contribution in [2.24, 2.45) is 11.7 Å². The van der Waals surface area contributed by atoms with Crippen molar-refractivity contribution in [3.8, 4) is 0 Å². The smallest absolute Gasteiger partial charge is 0.218 e. The molecule has 0 heterocycles. The number of carbonyl (C=O) groups excluding carboxylic acids is 2. The second kappa shape index (κ2) is 8.19. The van der Waals surface area contributed by atoms with Crippen LogP contribution in [0.25, 0.3) is 0 Å². The fourth-order valence-corrected chi connectivity index (χ4v) is 3.56. The number of benzene rings is 2. The van der Waals surface area contributed by atoms with Gasteiger partial charge in [0.15, 0.2) is 5.78 Å². The van der Waals surface area contributed by atoms with Crippen LogP contribution in [0.3, 0.4) is 0 Å². The molecule has 1 fully saturated rings. The summed E-state index contributed by atoms with van der Waals surface area (Å²) in [5.74, 6) is -1.21. The van der Waals surface area contributed by atoms with E-state index in [1.165, 1.54) is 0 Å². The monoisotopic (exact) mass is 388 g/mol. The predicted molar refractivity (Wildman–Crippen MR) is 103 cm³/mol. The van der Waals surface area contributed by atoms with Crippen LogP contribution >= 0.6 is 11.6 Å². The molecule has 0 radical (unpaired) electrons. The average molecular weight is 389 g/mol. The van der Waals surface area contributed by atoms with Gasteiger partial charge in [-0.1, -0.05) is 48.0 Å². The molecule has 27 heavy (non-hydrogen) atoms. The van der Waals surface area contributed by atoms with E-state index in [0.29, 0.717) is 11.1 Å². The molecule has 6 heteroatoms. The summed E-state index contributed by atoms with van der Waals surface area (Å²) >= 11 is 6.18. The zero-order valence-corrected chi connectivity index (χ0v) is 15.8. The first-order valence-electron chi connectivity index (χ1n) is 9.00. The third-order valence-corrected chi connectivity index (χ3v) is 5.10. The molecule has 1 aliphatic carbocycles. The molecule has 2 aromatic rings. The second-order valence-electron chi connectivity index (χ2n) is 7.07. The van der Waals surface area contributed by atoms with Crippen molar-refractivity contribution >= 4 is 23.3 Å². The highest BCUT2D eigenvalue weighted by molar-refractivity contribution is 6.35. The first kappa shape index (κ1) is 19.5. The summed E-state index contributed by atoms with van der Waals surface area (Å²) in [6.07, 6.45) is 2.09. The average Bonchev–Trinajstić information content (AvgIpc) is 3.45. The van der Waals surface area contributed by atoms with E-state index in [1.54, 1.807) is 42.5 Å². The van der Waals surface area contributed by atoms with Crippen LogP contribution in [0, 0.1) is 11.7 Å². The molecule has 4 nitrogen and oxygen atoms in total. The maximum atomic E-state index is 15.4.